The van der Waals surface area contributed by atoms with Gasteiger partial charge >= 0.3 is 0 Å². The molecule has 1 aliphatic rings. The average molecular weight is 274 g/mol. The van der Waals surface area contributed by atoms with Crippen LogP contribution in [0.2, 0.25) is 0 Å². The smallest absolute Gasteiger partial charge is 0.251 e. The Morgan fingerprint density at radius 2 is 1.95 bits per heavy atom. The van der Waals surface area contributed by atoms with Crippen molar-refractivity contribution in [1.29, 1.82) is 0 Å². The molecule has 1 atom stereocenters. The monoisotopic (exact) mass is 274 g/mol. The van der Waals surface area contributed by atoms with Gasteiger partial charge in [0.05, 0.1) is 0 Å². The number of carbonyl (C=O) groups excluding carboxylic acids is 2. The number of rotatable bonds is 4. The first-order chi connectivity index (χ1) is 9.52. The lowest BCUT2D eigenvalue weighted by Crippen LogP contribution is -2.36. The molecule has 0 heterocycles. The Labute approximate surface area is 119 Å². The summed E-state index contributed by atoms with van der Waals surface area (Å²) in [5, 5.41) is 5.48. The SMILES string of the molecule is CNC(=O)CC(C)NC(=O)c1ccc(C)c2c1CCC2. The standard InChI is InChI=1S/C16H22N2O2/c1-10-7-8-14(13-6-4-5-12(10)13)16(20)18-11(2)9-15(19)17-3/h7-8,11H,4-6,9H2,1-3H3,(H,17,19)(H,18,20). The molecule has 1 aliphatic carbocycles. The minimum Gasteiger partial charge on any atom is -0.359 e. The van der Waals surface area contributed by atoms with Crippen LogP contribution >= 0.6 is 0 Å². The highest BCUT2D eigenvalue weighted by atomic mass is 16.2. The molecule has 0 saturated carbocycles. The largest absolute Gasteiger partial charge is 0.359 e. The molecule has 0 radical (unpaired) electrons. The van der Waals surface area contributed by atoms with Gasteiger partial charge in [0.15, 0.2) is 0 Å². The van der Waals surface area contributed by atoms with Crippen LogP contribution in [0.5, 0.6) is 0 Å². The lowest BCUT2D eigenvalue weighted by atomic mass is 9.98. The van der Waals surface area contributed by atoms with Gasteiger partial charge in [0.1, 0.15) is 0 Å². The van der Waals surface area contributed by atoms with Crippen LogP contribution in [0.15, 0.2) is 12.1 Å². The van der Waals surface area contributed by atoms with Crippen molar-refractivity contribution in [1.82, 2.24) is 10.6 Å². The number of hydrogen-bond acceptors (Lipinski definition) is 2. The Kier molecular flexibility index (Phi) is 4.42. The van der Waals surface area contributed by atoms with E-state index in [1.54, 1.807) is 7.05 Å². The second kappa shape index (κ2) is 6.07. The van der Waals surface area contributed by atoms with Crippen LogP contribution in [0.3, 0.4) is 0 Å². The van der Waals surface area contributed by atoms with E-state index in [4.69, 9.17) is 0 Å². The zero-order chi connectivity index (χ0) is 14.7. The molecule has 20 heavy (non-hydrogen) atoms. The van der Waals surface area contributed by atoms with Crippen LogP contribution in [0.1, 0.15) is 46.8 Å². The van der Waals surface area contributed by atoms with Gasteiger partial charge < -0.3 is 10.6 Å². The molecule has 2 amide bonds. The first kappa shape index (κ1) is 14.6. The molecule has 1 aromatic rings. The highest BCUT2D eigenvalue weighted by Crippen LogP contribution is 2.28. The van der Waals surface area contributed by atoms with Crippen LogP contribution in [0.4, 0.5) is 0 Å². The maximum atomic E-state index is 12.4. The van der Waals surface area contributed by atoms with E-state index in [-0.39, 0.29) is 17.9 Å². The third-order valence-corrected chi connectivity index (χ3v) is 3.91. The van der Waals surface area contributed by atoms with E-state index in [2.05, 4.69) is 17.6 Å². The first-order valence-corrected chi connectivity index (χ1v) is 7.15. The van der Waals surface area contributed by atoms with Gasteiger partial charge in [-0.3, -0.25) is 9.59 Å². The number of amides is 2. The molecule has 0 aliphatic heterocycles. The highest BCUT2D eigenvalue weighted by Gasteiger charge is 2.21. The average Bonchev–Trinajstić information content (AvgIpc) is 2.88. The van der Waals surface area contributed by atoms with E-state index in [1.807, 2.05) is 19.1 Å². The molecular weight excluding hydrogens is 252 g/mol. The second-order valence-corrected chi connectivity index (χ2v) is 5.49. The summed E-state index contributed by atoms with van der Waals surface area (Å²) in [4.78, 5) is 23.7. The fourth-order valence-electron chi connectivity index (χ4n) is 2.83. The van der Waals surface area contributed by atoms with Gasteiger partial charge in [0.2, 0.25) is 5.91 Å². The quantitative estimate of drug-likeness (QED) is 0.878. The van der Waals surface area contributed by atoms with Crippen molar-refractivity contribution >= 4 is 11.8 Å². The van der Waals surface area contributed by atoms with Crippen molar-refractivity contribution in [2.24, 2.45) is 0 Å². The Morgan fingerprint density at radius 1 is 1.25 bits per heavy atom. The summed E-state index contributed by atoms with van der Waals surface area (Å²) >= 11 is 0. The highest BCUT2D eigenvalue weighted by molar-refractivity contribution is 5.96. The normalized spacial score (nSPS) is 14.6. The number of carbonyl (C=O) groups is 2. The van der Waals surface area contributed by atoms with Crippen LogP contribution in [-0.2, 0) is 17.6 Å². The number of hydrogen-bond donors (Lipinski definition) is 2. The Morgan fingerprint density at radius 3 is 2.65 bits per heavy atom. The van der Waals surface area contributed by atoms with Crippen molar-refractivity contribution in [2.45, 2.75) is 45.6 Å². The zero-order valence-corrected chi connectivity index (χ0v) is 12.4. The summed E-state index contributed by atoms with van der Waals surface area (Å²) < 4.78 is 0. The molecule has 2 N–H and O–H groups in total. The molecule has 4 heteroatoms. The second-order valence-electron chi connectivity index (χ2n) is 5.49. The summed E-state index contributed by atoms with van der Waals surface area (Å²) in [7, 11) is 1.60. The Hall–Kier alpha value is -1.84. The summed E-state index contributed by atoms with van der Waals surface area (Å²) in [6, 6.07) is 3.75. The van der Waals surface area contributed by atoms with E-state index in [0.29, 0.717) is 6.42 Å². The van der Waals surface area contributed by atoms with E-state index in [1.165, 1.54) is 16.7 Å². The first-order valence-electron chi connectivity index (χ1n) is 7.15. The van der Waals surface area contributed by atoms with E-state index in [9.17, 15) is 9.59 Å². The molecule has 0 fully saturated rings. The molecule has 1 aromatic carbocycles. The van der Waals surface area contributed by atoms with E-state index >= 15 is 0 Å². The number of fused-ring (bicyclic) bond motifs is 1. The third-order valence-electron chi connectivity index (χ3n) is 3.91. The van der Waals surface area contributed by atoms with E-state index in [0.717, 1.165) is 24.8 Å². The predicted octanol–water partition coefficient (Wildman–Crippen LogP) is 1.74. The van der Waals surface area contributed by atoms with Gasteiger partial charge in [0.25, 0.3) is 5.91 Å². The lowest BCUT2D eigenvalue weighted by Gasteiger charge is -2.15. The van der Waals surface area contributed by atoms with Gasteiger partial charge in [-0.1, -0.05) is 6.07 Å². The molecule has 0 aromatic heterocycles. The van der Waals surface area contributed by atoms with Crippen molar-refractivity contribution in [3.63, 3.8) is 0 Å². The van der Waals surface area contributed by atoms with Crippen molar-refractivity contribution in [3.05, 3.63) is 34.4 Å². The number of benzene rings is 1. The van der Waals surface area contributed by atoms with Gasteiger partial charge in [-0.15, -0.1) is 0 Å². The molecule has 108 valence electrons. The molecule has 1 unspecified atom stereocenters. The van der Waals surface area contributed by atoms with Gasteiger partial charge in [-0.25, -0.2) is 0 Å². The van der Waals surface area contributed by atoms with Crippen molar-refractivity contribution in [3.8, 4) is 0 Å². The lowest BCUT2D eigenvalue weighted by molar-refractivity contribution is -0.120. The van der Waals surface area contributed by atoms with Crippen LogP contribution < -0.4 is 10.6 Å². The maximum Gasteiger partial charge on any atom is 0.251 e. The van der Waals surface area contributed by atoms with Crippen molar-refractivity contribution < 1.29 is 9.59 Å². The minimum atomic E-state index is -0.166. The van der Waals surface area contributed by atoms with Crippen LogP contribution in [0, 0.1) is 6.92 Å². The Balaban J connectivity index is 2.11. The fraction of sp³-hybridized carbons (Fsp3) is 0.500. The predicted molar refractivity (Wildman–Crippen MR) is 78.8 cm³/mol. The van der Waals surface area contributed by atoms with Crippen LogP contribution in [0.25, 0.3) is 0 Å². The summed E-state index contributed by atoms with van der Waals surface area (Å²) in [5.74, 6) is -0.133. The summed E-state index contributed by atoms with van der Waals surface area (Å²) in [6.07, 6.45) is 3.46. The van der Waals surface area contributed by atoms with Gasteiger partial charge in [-0.2, -0.15) is 0 Å². The molecule has 0 bridgehead atoms. The van der Waals surface area contributed by atoms with E-state index < -0.39 is 0 Å². The minimum absolute atomic E-state index is 0.0630. The van der Waals surface area contributed by atoms with Gasteiger partial charge in [0, 0.05) is 25.1 Å². The number of nitrogens with one attached hydrogen (secondary N) is 2. The third kappa shape index (κ3) is 3.00. The molecule has 0 spiro atoms. The summed E-state index contributed by atoms with van der Waals surface area (Å²) in [6.45, 7) is 3.95. The zero-order valence-electron chi connectivity index (χ0n) is 12.4. The molecular formula is C16H22N2O2. The Bertz CT molecular complexity index is 538. The van der Waals surface area contributed by atoms with Gasteiger partial charge in [-0.05, 0) is 55.9 Å². The summed E-state index contributed by atoms with van der Waals surface area (Å²) in [5.41, 5.74) is 4.56. The van der Waals surface area contributed by atoms with Crippen LogP contribution in [-0.4, -0.2) is 24.9 Å². The maximum absolute atomic E-state index is 12.4. The fourth-order valence-corrected chi connectivity index (χ4v) is 2.83. The van der Waals surface area contributed by atoms with Crippen molar-refractivity contribution in [2.75, 3.05) is 7.05 Å². The molecule has 0 saturated heterocycles. The molecule has 4 nitrogen and oxygen atoms in total. The topological polar surface area (TPSA) is 58.2 Å². The molecule has 2 rings (SSSR count). The number of aryl methyl sites for hydroxylation is 1.